The molecule has 0 amide bonds. The molecule has 2 unspecified atom stereocenters. The smallest absolute Gasteiger partial charge is 0.322 e. The third-order valence-electron chi connectivity index (χ3n) is 3.71. The number of aliphatic carboxylic acids is 1. The molecular formula is C17H18O5S. The fourth-order valence-electron chi connectivity index (χ4n) is 2.48. The summed E-state index contributed by atoms with van der Waals surface area (Å²) in [7, 11) is -4.03. The maximum absolute atomic E-state index is 12.9. The number of carboxylic acids is 1. The highest BCUT2D eigenvalue weighted by molar-refractivity contribution is 7.93. The SMILES string of the molecule is C=CC(c1ccoc1C)S(=O)(=O)C(Cc1ccccc1)C(=O)O. The van der Waals surface area contributed by atoms with E-state index in [-0.39, 0.29) is 6.42 Å². The van der Waals surface area contributed by atoms with Crippen LogP contribution in [-0.2, 0) is 21.1 Å². The summed E-state index contributed by atoms with van der Waals surface area (Å²) in [5, 5.41) is 6.77. The molecule has 1 N–H and O–H groups in total. The first kappa shape index (κ1) is 17.0. The molecule has 1 aromatic heterocycles. The Morgan fingerprint density at radius 2 is 1.96 bits per heavy atom. The van der Waals surface area contributed by atoms with Crippen molar-refractivity contribution in [3.63, 3.8) is 0 Å². The molecular weight excluding hydrogens is 316 g/mol. The van der Waals surface area contributed by atoms with Gasteiger partial charge in [0.05, 0.1) is 6.26 Å². The van der Waals surface area contributed by atoms with Gasteiger partial charge in [-0.2, -0.15) is 0 Å². The second-order valence-corrected chi connectivity index (χ2v) is 7.45. The lowest BCUT2D eigenvalue weighted by molar-refractivity contribution is -0.136. The molecule has 0 fully saturated rings. The largest absolute Gasteiger partial charge is 0.480 e. The topological polar surface area (TPSA) is 84.6 Å². The molecule has 0 aliphatic carbocycles. The minimum atomic E-state index is -4.03. The van der Waals surface area contributed by atoms with Crippen LogP contribution in [0.5, 0.6) is 0 Å². The van der Waals surface area contributed by atoms with Gasteiger partial charge in [0.2, 0.25) is 0 Å². The van der Waals surface area contributed by atoms with Gasteiger partial charge in [0, 0.05) is 5.56 Å². The molecule has 2 aromatic rings. The number of carbonyl (C=O) groups is 1. The van der Waals surface area contributed by atoms with Crippen molar-refractivity contribution in [2.24, 2.45) is 0 Å². The van der Waals surface area contributed by atoms with Gasteiger partial charge in [0.25, 0.3) is 0 Å². The van der Waals surface area contributed by atoms with Crippen molar-refractivity contribution in [3.05, 3.63) is 72.2 Å². The predicted molar refractivity (Wildman–Crippen MR) is 86.9 cm³/mol. The molecule has 1 heterocycles. The van der Waals surface area contributed by atoms with E-state index in [1.807, 2.05) is 0 Å². The number of sulfone groups is 1. The molecule has 0 aliphatic rings. The zero-order valence-electron chi connectivity index (χ0n) is 12.7. The average molecular weight is 334 g/mol. The Bertz CT molecular complexity index is 789. The average Bonchev–Trinajstić information content (AvgIpc) is 2.92. The molecule has 122 valence electrons. The minimum absolute atomic E-state index is 0.0975. The zero-order valence-corrected chi connectivity index (χ0v) is 13.5. The number of rotatable bonds is 7. The number of hydrogen-bond donors (Lipinski definition) is 1. The van der Waals surface area contributed by atoms with E-state index in [9.17, 15) is 18.3 Å². The Labute approximate surface area is 135 Å². The van der Waals surface area contributed by atoms with Crippen molar-refractivity contribution in [2.45, 2.75) is 23.8 Å². The van der Waals surface area contributed by atoms with Crippen LogP contribution in [0.2, 0.25) is 0 Å². The normalized spacial score (nSPS) is 14.1. The van der Waals surface area contributed by atoms with Gasteiger partial charge in [-0.05, 0) is 25.0 Å². The molecule has 0 spiro atoms. The maximum atomic E-state index is 12.9. The van der Waals surface area contributed by atoms with Crippen LogP contribution in [0.15, 0.2) is 59.7 Å². The van der Waals surface area contributed by atoms with Crippen molar-refractivity contribution in [2.75, 3.05) is 0 Å². The molecule has 1 aromatic carbocycles. The van der Waals surface area contributed by atoms with Gasteiger partial charge in [-0.15, -0.1) is 6.58 Å². The van der Waals surface area contributed by atoms with E-state index in [1.54, 1.807) is 37.3 Å². The van der Waals surface area contributed by atoms with Crippen LogP contribution < -0.4 is 0 Å². The van der Waals surface area contributed by atoms with Crippen molar-refractivity contribution in [1.29, 1.82) is 0 Å². The van der Waals surface area contributed by atoms with E-state index in [0.29, 0.717) is 16.9 Å². The van der Waals surface area contributed by atoms with Gasteiger partial charge < -0.3 is 9.52 Å². The fourth-order valence-corrected chi connectivity index (χ4v) is 4.40. The van der Waals surface area contributed by atoms with Gasteiger partial charge in [-0.1, -0.05) is 36.4 Å². The second-order valence-electron chi connectivity index (χ2n) is 5.19. The van der Waals surface area contributed by atoms with Crippen molar-refractivity contribution < 1.29 is 22.7 Å². The second kappa shape index (κ2) is 6.83. The van der Waals surface area contributed by atoms with Crippen LogP contribution in [-0.4, -0.2) is 24.7 Å². The zero-order chi connectivity index (χ0) is 17.0. The van der Waals surface area contributed by atoms with Gasteiger partial charge >= 0.3 is 5.97 Å². The highest BCUT2D eigenvalue weighted by Crippen LogP contribution is 2.31. The Morgan fingerprint density at radius 1 is 1.30 bits per heavy atom. The Kier molecular flexibility index (Phi) is 5.05. The molecule has 0 saturated heterocycles. The summed E-state index contributed by atoms with van der Waals surface area (Å²) in [4.78, 5) is 11.6. The quantitative estimate of drug-likeness (QED) is 0.787. The summed E-state index contributed by atoms with van der Waals surface area (Å²) in [6.45, 7) is 5.19. The Hall–Kier alpha value is -2.34. The summed E-state index contributed by atoms with van der Waals surface area (Å²) in [6.07, 6.45) is 2.53. The first-order valence-electron chi connectivity index (χ1n) is 7.04. The number of furan rings is 1. The van der Waals surface area contributed by atoms with Gasteiger partial charge in [-0.3, -0.25) is 4.79 Å². The molecule has 0 bridgehead atoms. The van der Waals surface area contributed by atoms with Crippen LogP contribution in [0, 0.1) is 6.92 Å². The van der Waals surface area contributed by atoms with E-state index in [4.69, 9.17) is 4.42 Å². The Balaban J connectivity index is 2.42. The third kappa shape index (κ3) is 3.53. The monoisotopic (exact) mass is 334 g/mol. The number of aryl methyl sites for hydroxylation is 1. The third-order valence-corrected chi connectivity index (χ3v) is 6.03. The summed E-state index contributed by atoms with van der Waals surface area (Å²) in [5.74, 6) is -0.941. The summed E-state index contributed by atoms with van der Waals surface area (Å²) >= 11 is 0. The van der Waals surface area contributed by atoms with Crippen molar-refractivity contribution in [3.8, 4) is 0 Å². The fraction of sp³-hybridized carbons (Fsp3) is 0.235. The molecule has 0 aliphatic heterocycles. The standard InChI is InChI=1S/C17H18O5S/c1-3-15(14-9-10-22-12(14)2)23(20,21)16(17(18)19)11-13-7-5-4-6-8-13/h3-10,15-16H,1,11H2,2H3,(H,18,19). The van der Waals surface area contributed by atoms with Crippen LogP contribution in [0.3, 0.4) is 0 Å². The van der Waals surface area contributed by atoms with Gasteiger partial charge in [0.15, 0.2) is 15.1 Å². The summed E-state index contributed by atoms with van der Waals surface area (Å²) in [6, 6.07) is 10.2. The van der Waals surface area contributed by atoms with Crippen LogP contribution in [0.1, 0.15) is 22.1 Å². The molecule has 6 heteroatoms. The highest BCUT2D eigenvalue weighted by atomic mass is 32.2. The van der Waals surface area contributed by atoms with E-state index in [0.717, 1.165) is 0 Å². The first-order chi connectivity index (χ1) is 10.9. The first-order valence-corrected chi connectivity index (χ1v) is 8.65. The van der Waals surface area contributed by atoms with E-state index < -0.39 is 26.3 Å². The molecule has 2 rings (SSSR count). The number of hydrogen-bond acceptors (Lipinski definition) is 4. The summed E-state index contributed by atoms with van der Waals surface area (Å²) in [5.41, 5.74) is 1.06. The Morgan fingerprint density at radius 3 is 2.43 bits per heavy atom. The number of carboxylic acid groups (broad SMARTS) is 1. The number of benzene rings is 1. The molecule has 5 nitrogen and oxygen atoms in total. The van der Waals surface area contributed by atoms with Crippen molar-refractivity contribution >= 4 is 15.8 Å². The van der Waals surface area contributed by atoms with Crippen LogP contribution >= 0.6 is 0 Å². The lowest BCUT2D eigenvalue weighted by Gasteiger charge is -2.19. The van der Waals surface area contributed by atoms with Crippen LogP contribution in [0.25, 0.3) is 0 Å². The predicted octanol–water partition coefficient (Wildman–Crippen LogP) is 2.93. The van der Waals surface area contributed by atoms with Gasteiger partial charge in [-0.25, -0.2) is 8.42 Å². The van der Waals surface area contributed by atoms with Crippen molar-refractivity contribution in [1.82, 2.24) is 0 Å². The molecule has 0 saturated carbocycles. The summed E-state index contributed by atoms with van der Waals surface area (Å²) < 4.78 is 30.9. The minimum Gasteiger partial charge on any atom is -0.480 e. The lowest BCUT2D eigenvalue weighted by Crippen LogP contribution is -2.35. The molecule has 2 atom stereocenters. The van der Waals surface area contributed by atoms with Gasteiger partial charge in [0.1, 0.15) is 11.0 Å². The molecule has 0 radical (unpaired) electrons. The maximum Gasteiger partial charge on any atom is 0.322 e. The van der Waals surface area contributed by atoms with E-state index in [2.05, 4.69) is 6.58 Å². The molecule has 23 heavy (non-hydrogen) atoms. The lowest BCUT2D eigenvalue weighted by atomic mass is 10.1. The highest BCUT2D eigenvalue weighted by Gasteiger charge is 2.39. The van der Waals surface area contributed by atoms with E-state index in [1.165, 1.54) is 18.4 Å². The van der Waals surface area contributed by atoms with Crippen LogP contribution in [0.4, 0.5) is 0 Å². The van der Waals surface area contributed by atoms with E-state index >= 15 is 0 Å².